The van der Waals surface area contributed by atoms with Crippen molar-refractivity contribution in [1.82, 2.24) is 15.3 Å². The fourth-order valence-electron chi connectivity index (χ4n) is 3.72. The standard InChI is InChI=1S/C17H28N4O2S/c1-24(22,23)15-12-19-17(20-14-8-4-2-3-5-9-14)21-16(15)13-7-6-10-18-11-13/h12-14,18H,2-11H2,1H3,(H,19,20,21)/t13-/m1/s1. The van der Waals surface area contributed by atoms with Gasteiger partial charge in [-0.1, -0.05) is 25.7 Å². The average molecular weight is 353 g/mol. The van der Waals surface area contributed by atoms with E-state index < -0.39 is 9.84 Å². The second kappa shape index (κ2) is 7.78. The molecule has 1 saturated carbocycles. The molecule has 6 nitrogen and oxygen atoms in total. The Morgan fingerprint density at radius 3 is 2.50 bits per heavy atom. The van der Waals surface area contributed by atoms with E-state index in [2.05, 4.69) is 20.6 Å². The van der Waals surface area contributed by atoms with Gasteiger partial charge >= 0.3 is 0 Å². The summed E-state index contributed by atoms with van der Waals surface area (Å²) in [5.41, 5.74) is 0.677. The van der Waals surface area contributed by atoms with Gasteiger partial charge in [-0.15, -0.1) is 0 Å². The van der Waals surface area contributed by atoms with E-state index in [4.69, 9.17) is 0 Å². The van der Waals surface area contributed by atoms with E-state index in [1.807, 2.05) is 0 Å². The van der Waals surface area contributed by atoms with Crippen LogP contribution in [-0.4, -0.2) is 43.8 Å². The summed E-state index contributed by atoms with van der Waals surface area (Å²) < 4.78 is 24.2. The lowest BCUT2D eigenvalue weighted by atomic mass is 9.96. The van der Waals surface area contributed by atoms with Crippen molar-refractivity contribution in [3.05, 3.63) is 11.9 Å². The summed E-state index contributed by atoms with van der Waals surface area (Å²) in [5, 5.41) is 6.79. The lowest BCUT2D eigenvalue weighted by Gasteiger charge is -2.24. The SMILES string of the molecule is CS(=O)(=O)c1cnc(NC2CCCCCC2)nc1[C@@H]1CCCNC1. The number of hydrogen-bond acceptors (Lipinski definition) is 6. The van der Waals surface area contributed by atoms with Gasteiger partial charge in [0.25, 0.3) is 0 Å². The Kier molecular flexibility index (Phi) is 5.71. The molecule has 0 bridgehead atoms. The third kappa shape index (κ3) is 4.45. The van der Waals surface area contributed by atoms with E-state index in [0.29, 0.717) is 17.7 Å². The van der Waals surface area contributed by atoms with Gasteiger partial charge in [0.05, 0.1) is 11.9 Å². The van der Waals surface area contributed by atoms with Crippen LogP contribution < -0.4 is 10.6 Å². The number of sulfone groups is 1. The highest BCUT2D eigenvalue weighted by molar-refractivity contribution is 7.90. The maximum atomic E-state index is 12.1. The van der Waals surface area contributed by atoms with Crippen molar-refractivity contribution < 1.29 is 8.42 Å². The van der Waals surface area contributed by atoms with Crippen LogP contribution in [0.15, 0.2) is 11.1 Å². The van der Waals surface area contributed by atoms with Crippen LogP contribution in [0.2, 0.25) is 0 Å². The van der Waals surface area contributed by atoms with E-state index in [9.17, 15) is 8.42 Å². The topological polar surface area (TPSA) is 84.0 Å². The van der Waals surface area contributed by atoms with Gasteiger partial charge in [0.2, 0.25) is 5.95 Å². The summed E-state index contributed by atoms with van der Waals surface area (Å²) in [6.07, 6.45) is 12.1. The Morgan fingerprint density at radius 1 is 1.12 bits per heavy atom. The van der Waals surface area contributed by atoms with E-state index in [1.165, 1.54) is 38.1 Å². The molecular formula is C17H28N4O2S. The minimum Gasteiger partial charge on any atom is -0.351 e. The van der Waals surface area contributed by atoms with Crippen LogP contribution in [0, 0.1) is 0 Å². The van der Waals surface area contributed by atoms with Gasteiger partial charge in [0, 0.05) is 24.8 Å². The molecule has 1 aromatic heterocycles. The van der Waals surface area contributed by atoms with Crippen LogP contribution >= 0.6 is 0 Å². The predicted octanol–water partition coefficient (Wildman–Crippen LogP) is 2.48. The van der Waals surface area contributed by atoms with Gasteiger partial charge in [0.15, 0.2) is 9.84 Å². The first-order chi connectivity index (χ1) is 11.5. The number of piperidine rings is 1. The number of anilines is 1. The van der Waals surface area contributed by atoms with Crippen molar-refractivity contribution in [1.29, 1.82) is 0 Å². The molecule has 3 rings (SSSR count). The summed E-state index contributed by atoms with van der Waals surface area (Å²) in [6, 6.07) is 0.397. The van der Waals surface area contributed by atoms with Gasteiger partial charge in [-0.2, -0.15) is 0 Å². The van der Waals surface area contributed by atoms with E-state index >= 15 is 0 Å². The summed E-state index contributed by atoms with van der Waals surface area (Å²) in [4.78, 5) is 9.23. The predicted molar refractivity (Wildman–Crippen MR) is 95.1 cm³/mol. The zero-order valence-corrected chi connectivity index (χ0v) is 15.2. The first-order valence-corrected chi connectivity index (χ1v) is 11.0. The van der Waals surface area contributed by atoms with Crippen molar-refractivity contribution in [3.8, 4) is 0 Å². The number of rotatable bonds is 4. The molecule has 2 aliphatic rings. The maximum absolute atomic E-state index is 12.1. The first kappa shape index (κ1) is 17.6. The molecule has 0 amide bonds. The molecule has 0 radical (unpaired) electrons. The molecule has 1 aromatic rings. The Bertz CT molecular complexity index is 649. The van der Waals surface area contributed by atoms with Crippen molar-refractivity contribution in [2.75, 3.05) is 24.7 Å². The van der Waals surface area contributed by atoms with Gasteiger partial charge < -0.3 is 10.6 Å². The van der Waals surface area contributed by atoms with Crippen LogP contribution in [0.1, 0.15) is 63.0 Å². The number of hydrogen-bond donors (Lipinski definition) is 2. The second-order valence-corrected chi connectivity index (χ2v) is 9.08. The molecule has 0 unspecified atom stereocenters. The maximum Gasteiger partial charge on any atom is 0.223 e. The Balaban J connectivity index is 1.85. The van der Waals surface area contributed by atoms with Crippen LogP contribution in [0.3, 0.4) is 0 Å². The number of nitrogens with zero attached hydrogens (tertiary/aromatic N) is 2. The molecule has 1 atom stereocenters. The largest absolute Gasteiger partial charge is 0.351 e. The van der Waals surface area contributed by atoms with Gasteiger partial charge in [0.1, 0.15) is 4.90 Å². The normalized spacial score (nSPS) is 23.6. The average Bonchev–Trinajstić information content (AvgIpc) is 2.83. The molecular weight excluding hydrogens is 324 g/mol. The molecule has 1 aliphatic carbocycles. The Hall–Kier alpha value is -1.21. The molecule has 1 aliphatic heterocycles. The minimum absolute atomic E-state index is 0.140. The molecule has 0 aromatic carbocycles. The molecule has 2 N–H and O–H groups in total. The lowest BCUT2D eigenvalue weighted by molar-refractivity contribution is 0.448. The highest BCUT2D eigenvalue weighted by atomic mass is 32.2. The van der Waals surface area contributed by atoms with Crippen LogP contribution in [-0.2, 0) is 9.84 Å². The Labute approximate surface area is 144 Å². The van der Waals surface area contributed by atoms with Gasteiger partial charge in [-0.3, -0.25) is 0 Å². The summed E-state index contributed by atoms with van der Waals surface area (Å²) >= 11 is 0. The van der Waals surface area contributed by atoms with Crippen molar-refractivity contribution in [3.63, 3.8) is 0 Å². The van der Waals surface area contributed by atoms with Crippen molar-refractivity contribution >= 4 is 15.8 Å². The van der Waals surface area contributed by atoms with Crippen molar-refractivity contribution in [2.24, 2.45) is 0 Å². The van der Waals surface area contributed by atoms with E-state index in [1.54, 1.807) is 0 Å². The van der Waals surface area contributed by atoms with Crippen molar-refractivity contribution in [2.45, 2.75) is 68.2 Å². The summed E-state index contributed by atoms with van der Waals surface area (Å²) in [7, 11) is -3.32. The zero-order valence-electron chi connectivity index (χ0n) is 14.4. The molecule has 7 heteroatoms. The van der Waals surface area contributed by atoms with Crippen LogP contribution in [0.25, 0.3) is 0 Å². The van der Waals surface area contributed by atoms with E-state index in [0.717, 1.165) is 38.8 Å². The zero-order chi connectivity index (χ0) is 17.0. The quantitative estimate of drug-likeness (QED) is 0.810. The van der Waals surface area contributed by atoms with E-state index in [-0.39, 0.29) is 10.8 Å². The number of nitrogens with one attached hydrogen (secondary N) is 2. The highest BCUT2D eigenvalue weighted by Crippen LogP contribution is 2.28. The highest BCUT2D eigenvalue weighted by Gasteiger charge is 2.25. The summed E-state index contributed by atoms with van der Waals surface area (Å²) in [6.45, 7) is 1.77. The second-order valence-electron chi connectivity index (χ2n) is 7.09. The third-order valence-corrected chi connectivity index (χ3v) is 6.17. The third-order valence-electron chi connectivity index (χ3n) is 5.05. The first-order valence-electron chi connectivity index (χ1n) is 9.08. The molecule has 134 valence electrons. The molecule has 1 saturated heterocycles. The van der Waals surface area contributed by atoms with Gasteiger partial charge in [-0.05, 0) is 32.2 Å². The lowest BCUT2D eigenvalue weighted by Crippen LogP contribution is -2.30. The molecule has 24 heavy (non-hydrogen) atoms. The monoisotopic (exact) mass is 352 g/mol. The molecule has 2 heterocycles. The molecule has 0 spiro atoms. The van der Waals surface area contributed by atoms with Crippen LogP contribution in [0.5, 0.6) is 0 Å². The van der Waals surface area contributed by atoms with Gasteiger partial charge in [-0.25, -0.2) is 18.4 Å². The summed E-state index contributed by atoms with van der Waals surface area (Å²) in [5.74, 6) is 0.719. The Morgan fingerprint density at radius 2 is 1.88 bits per heavy atom. The van der Waals surface area contributed by atoms with Crippen LogP contribution in [0.4, 0.5) is 5.95 Å². The minimum atomic E-state index is -3.32. The fourth-order valence-corrected chi connectivity index (χ4v) is 4.56. The molecule has 2 fully saturated rings. The smallest absolute Gasteiger partial charge is 0.223 e. The number of aromatic nitrogens is 2. The fraction of sp³-hybridized carbons (Fsp3) is 0.765.